The van der Waals surface area contributed by atoms with Gasteiger partial charge in [-0.1, -0.05) is 31.7 Å². The molecule has 0 aliphatic carbocycles. The van der Waals surface area contributed by atoms with Crippen LogP contribution in [0.1, 0.15) is 24.2 Å². The molecule has 0 amide bonds. The Morgan fingerprint density at radius 2 is 1.70 bits per heavy atom. The van der Waals surface area contributed by atoms with Crippen LogP contribution in [0, 0.1) is 20.8 Å². The van der Waals surface area contributed by atoms with E-state index < -0.39 is 0 Å². The number of hydrogen-bond acceptors (Lipinski definition) is 2. The van der Waals surface area contributed by atoms with E-state index in [9.17, 15) is 0 Å². The van der Waals surface area contributed by atoms with Crippen LogP contribution in [0.25, 0.3) is 10.8 Å². The molecule has 0 N–H and O–H groups in total. The maximum Gasteiger partial charge on any atom is 0.0518 e. The van der Waals surface area contributed by atoms with Crippen LogP contribution in [-0.2, 0) is 7.05 Å². The highest BCUT2D eigenvalue weighted by molar-refractivity contribution is 5.85. The molecule has 106 valence electrons. The van der Waals surface area contributed by atoms with Crippen molar-refractivity contribution in [2.75, 3.05) is 0 Å². The van der Waals surface area contributed by atoms with Gasteiger partial charge in [0.25, 0.3) is 0 Å². The normalized spacial score (nSPS) is 9.60. The molecule has 3 aromatic rings. The van der Waals surface area contributed by atoms with Gasteiger partial charge in [-0.15, -0.1) is 0 Å². The van der Waals surface area contributed by atoms with Crippen LogP contribution in [-0.4, -0.2) is 14.8 Å². The lowest BCUT2D eigenvalue weighted by Gasteiger charge is -2.03. The summed E-state index contributed by atoms with van der Waals surface area (Å²) in [6.45, 7) is 6.18. The zero-order valence-corrected chi connectivity index (χ0v) is 11.9. The molecule has 0 aliphatic heterocycles. The van der Waals surface area contributed by atoms with Crippen molar-refractivity contribution in [3.05, 3.63) is 59.7 Å². The maximum atomic E-state index is 4.31. The highest BCUT2D eigenvalue weighted by Crippen LogP contribution is 2.18. The average molecular weight is 269 g/mol. The minimum Gasteiger partial charge on any atom is -0.276 e. The van der Waals surface area contributed by atoms with E-state index in [4.69, 9.17) is 0 Å². The molecule has 20 heavy (non-hydrogen) atoms. The van der Waals surface area contributed by atoms with Crippen molar-refractivity contribution in [2.24, 2.45) is 7.05 Å². The van der Waals surface area contributed by atoms with E-state index in [1.807, 2.05) is 45.6 Å². The Bertz CT molecular complexity index is 667. The minimum atomic E-state index is 0. The van der Waals surface area contributed by atoms with Gasteiger partial charge in [0, 0.05) is 30.5 Å². The first-order valence-electron chi connectivity index (χ1n) is 6.34. The standard InChI is InChI=1S/C11H11N.C5H8N2.CH4/c1-8-9(2)12-7-10-5-3-4-6-11(8)10;1-5-3-6-7(2)4-5;/h3-7H,1-2H3;3-4H,1-2H3;1H4. The van der Waals surface area contributed by atoms with Crippen LogP contribution < -0.4 is 0 Å². The van der Waals surface area contributed by atoms with Crippen molar-refractivity contribution in [3.8, 4) is 0 Å². The number of pyridine rings is 1. The second-order valence-electron chi connectivity index (χ2n) is 4.75. The van der Waals surface area contributed by atoms with E-state index in [-0.39, 0.29) is 7.43 Å². The van der Waals surface area contributed by atoms with Crippen molar-refractivity contribution in [1.29, 1.82) is 0 Å². The molecule has 2 heterocycles. The first-order valence-corrected chi connectivity index (χ1v) is 6.34. The average Bonchev–Trinajstić information content (AvgIpc) is 2.79. The first-order chi connectivity index (χ1) is 9.08. The molecule has 0 atom stereocenters. The summed E-state index contributed by atoms with van der Waals surface area (Å²) in [7, 11) is 1.91. The van der Waals surface area contributed by atoms with Gasteiger partial charge < -0.3 is 0 Å². The molecule has 0 spiro atoms. The van der Waals surface area contributed by atoms with Gasteiger partial charge in [-0.2, -0.15) is 5.10 Å². The van der Waals surface area contributed by atoms with Crippen molar-refractivity contribution in [1.82, 2.24) is 14.8 Å². The Balaban J connectivity index is 0.000000216. The lowest BCUT2D eigenvalue weighted by atomic mass is 10.1. The van der Waals surface area contributed by atoms with Gasteiger partial charge in [0.15, 0.2) is 0 Å². The topological polar surface area (TPSA) is 30.7 Å². The molecule has 3 heteroatoms. The van der Waals surface area contributed by atoms with Crippen molar-refractivity contribution >= 4 is 10.8 Å². The quantitative estimate of drug-likeness (QED) is 0.612. The van der Waals surface area contributed by atoms with E-state index in [2.05, 4.69) is 35.2 Å². The molecule has 1 aromatic carbocycles. The molecule has 3 rings (SSSR count). The number of hydrogen-bond donors (Lipinski definition) is 0. The summed E-state index contributed by atoms with van der Waals surface area (Å²) in [4.78, 5) is 4.31. The second-order valence-corrected chi connectivity index (χ2v) is 4.75. The van der Waals surface area contributed by atoms with Crippen LogP contribution in [0.3, 0.4) is 0 Å². The number of nitrogens with zero attached hydrogens (tertiary/aromatic N) is 3. The van der Waals surface area contributed by atoms with Crippen LogP contribution in [0.2, 0.25) is 0 Å². The minimum absolute atomic E-state index is 0. The SMILES string of the molecule is C.Cc1cnn(C)c1.Cc1ncc2ccccc2c1C. The van der Waals surface area contributed by atoms with Gasteiger partial charge in [0.2, 0.25) is 0 Å². The molecule has 0 saturated carbocycles. The highest BCUT2D eigenvalue weighted by Gasteiger charge is 1.98. The lowest BCUT2D eigenvalue weighted by Crippen LogP contribution is -1.87. The fourth-order valence-electron chi connectivity index (χ4n) is 1.95. The van der Waals surface area contributed by atoms with Crippen LogP contribution in [0.5, 0.6) is 0 Å². The largest absolute Gasteiger partial charge is 0.276 e. The Morgan fingerprint density at radius 1 is 1.00 bits per heavy atom. The van der Waals surface area contributed by atoms with Crippen molar-refractivity contribution in [3.63, 3.8) is 0 Å². The number of aromatic nitrogens is 3. The third kappa shape index (κ3) is 3.67. The first kappa shape index (κ1) is 15.9. The van der Waals surface area contributed by atoms with Crippen molar-refractivity contribution in [2.45, 2.75) is 28.2 Å². The zero-order chi connectivity index (χ0) is 13.8. The number of rotatable bonds is 0. The molecule has 0 aliphatic rings. The Hall–Kier alpha value is -2.16. The molecular formula is C17H23N3. The Kier molecular flexibility index (Phi) is 5.44. The summed E-state index contributed by atoms with van der Waals surface area (Å²) in [5.74, 6) is 0. The molecule has 0 bridgehead atoms. The number of benzene rings is 1. The molecule has 0 radical (unpaired) electrons. The third-order valence-electron chi connectivity index (χ3n) is 3.14. The molecule has 3 nitrogen and oxygen atoms in total. The monoisotopic (exact) mass is 269 g/mol. The van der Waals surface area contributed by atoms with E-state index >= 15 is 0 Å². The second kappa shape index (κ2) is 6.85. The van der Waals surface area contributed by atoms with Gasteiger partial charge in [-0.05, 0) is 37.3 Å². The van der Waals surface area contributed by atoms with Crippen LogP contribution in [0.15, 0.2) is 42.9 Å². The van der Waals surface area contributed by atoms with E-state index in [0.29, 0.717) is 0 Å². The fourth-order valence-corrected chi connectivity index (χ4v) is 1.95. The predicted molar refractivity (Wildman–Crippen MR) is 85.9 cm³/mol. The van der Waals surface area contributed by atoms with Crippen molar-refractivity contribution < 1.29 is 0 Å². The zero-order valence-electron chi connectivity index (χ0n) is 11.9. The summed E-state index contributed by atoms with van der Waals surface area (Å²) in [5, 5.41) is 6.47. The maximum absolute atomic E-state index is 4.31. The molecule has 2 aromatic heterocycles. The van der Waals surface area contributed by atoms with Gasteiger partial charge >= 0.3 is 0 Å². The number of fused-ring (bicyclic) bond motifs is 1. The molecule has 0 saturated heterocycles. The van der Waals surface area contributed by atoms with Gasteiger partial charge in [-0.3, -0.25) is 9.67 Å². The van der Waals surface area contributed by atoms with Gasteiger partial charge in [0.1, 0.15) is 0 Å². The third-order valence-corrected chi connectivity index (χ3v) is 3.14. The summed E-state index contributed by atoms with van der Waals surface area (Å²) in [6, 6.07) is 8.34. The summed E-state index contributed by atoms with van der Waals surface area (Å²) < 4.78 is 1.79. The molecular weight excluding hydrogens is 246 g/mol. The summed E-state index contributed by atoms with van der Waals surface area (Å²) >= 11 is 0. The van der Waals surface area contributed by atoms with E-state index in [0.717, 1.165) is 5.69 Å². The summed E-state index contributed by atoms with van der Waals surface area (Å²) in [6.07, 6.45) is 5.73. The van der Waals surface area contributed by atoms with Gasteiger partial charge in [-0.25, -0.2) is 0 Å². The molecule has 0 fully saturated rings. The molecule has 0 unspecified atom stereocenters. The predicted octanol–water partition coefficient (Wildman–Crippen LogP) is 4.22. The Morgan fingerprint density at radius 3 is 2.25 bits per heavy atom. The fraction of sp³-hybridized carbons (Fsp3) is 0.294. The smallest absolute Gasteiger partial charge is 0.0518 e. The van der Waals surface area contributed by atoms with Crippen LogP contribution in [0.4, 0.5) is 0 Å². The van der Waals surface area contributed by atoms with E-state index in [1.54, 1.807) is 4.68 Å². The number of aryl methyl sites for hydroxylation is 4. The Labute approximate surface area is 121 Å². The lowest BCUT2D eigenvalue weighted by molar-refractivity contribution is 0.767. The highest BCUT2D eigenvalue weighted by atomic mass is 15.2. The van der Waals surface area contributed by atoms with Crippen LogP contribution >= 0.6 is 0 Å². The van der Waals surface area contributed by atoms with E-state index in [1.165, 1.54) is 21.9 Å². The van der Waals surface area contributed by atoms with Gasteiger partial charge in [0.05, 0.1) is 6.20 Å². The summed E-state index contributed by atoms with van der Waals surface area (Å²) in [5.41, 5.74) is 3.62.